The highest BCUT2D eigenvalue weighted by Crippen LogP contribution is 2.38. The maximum Gasteiger partial charge on any atom is 0.335 e. The van der Waals surface area contributed by atoms with Crippen LogP contribution in [-0.4, -0.2) is 40.0 Å². The zero-order valence-electron chi connectivity index (χ0n) is 18.8. The molecule has 0 atom stereocenters. The van der Waals surface area contributed by atoms with Gasteiger partial charge in [0.25, 0.3) is 5.91 Å². The van der Waals surface area contributed by atoms with Crippen molar-refractivity contribution in [2.45, 2.75) is 25.8 Å². The minimum absolute atomic E-state index is 0.127. The first-order valence-electron chi connectivity index (χ1n) is 11.5. The van der Waals surface area contributed by atoms with Crippen LogP contribution in [0, 0.1) is 0 Å². The summed E-state index contributed by atoms with van der Waals surface area (Å²) >= 11 is 0. The number of aromatic carboxylic acids is 1. The number of carbonyl (C=O) groups excluding carboxylic acids is 1. The molecule has 1 amide bonds. The molecule has 5 rings (SSSR count). The van der Waals surface area contributed by atoms with Crippen LogP contribution in [0.15, 0.2) is 67.0 Å². The van der Waals surface area contributed by atoms with E-state index in [1.54, 1.807) is 18.5 Å². The van der Waals surface area contributed by atoms with Crippen molar-refractivity contribution in [1.82, 2.24) is 9.88 Å². The van der Waals surface area contributed by atoms with Crippen molar-refractivity contribution < 1.29 is 14.7 Å². The Morgan fingerprint density at radius 1 is 1.03 bits per heavy atom. The lowest BCUT2D eigenvalue weighted by atomic mass is 9.99. The number of nitrogens with one attached hydrogen (secondary N) is 2. The average molecular weight is 455 g/mol. The second-order valence-electron chi connectivity index (χ2n) is 8.67. The first-order valence-corrected chi connectivity index (χ1v) is 11.5. The van der Waals surface area contributed by atoms with Gasteiger partial charge in [0.15, 0.2) is 0 Å². The highest BCUT2D eigenvalue weighted by Gasteiger charge is 2.29. The van der Waals surface area contributed by atoms with E-state index in [2.05, 4.69) is 32.7 Å². The highest BCUT2D eigenvalue weighted by molar-refractivity contribution is 6.37. The number of benzene rings is 2. The molecule has 7 nitrogen and oxygen atoms in total. The number of pyridine rings is 1. The molecule has 2 aromatic carbocycles. The summed E-state index contributed by atoms with van der Waals surface area (Å²) in [7, 11) is 0. The normalized spacial score (nSPS) is 17.1. The molecule has 3 aromatic rings. The van der Waals surface area contributed by atoms with Crippen molar-refractivity contribution in [3.8, 4) is 0 Å². The van der Waals surface area contributed by atoms with Gasteiger partial charge in [0.1, 0.15) is 0 Å². The molecule has 3 N–H and O–H groups in total. The number of carboxylic acid groups (broad SMARTS) is 1. The fourth-order valence-corrected chi connectivity index (χ4v) is 4.61. The van der Waals surface area contributed by atoms with Crippen molar-refractivity contribution in [2.75, 3.05) is 23.7 Å². The second-order valence-corrected chi connectivity index (χ2v) is 8.67. The van der Waals surface area contributed by atoms with Gasteiger partial charge in [-0.2, -0.15) is 0 Å². The van der Waals surface area contributed by atoms with Crippen molar-refractivity contribution >= 4 is 34.5 Å². The van der Waals surface area contributed by atoms with Gasteiger partial charge in [-0.15, -0.1) is 0 Å². The van der Waals surface area contributed by atoms with Crippen molar-refractivity contribution in [3.05, 3.63) is 89.2 Å². The number of carboxylic acids is 1. The molecule has 2 aliphatic rings. The number of carbonyl (C=O) groups is 2. The third kappa shape index (κ3) is 4.56. The third-order valence-corrected chi connectivity index (χ3v) is 6.26. The van der Waals surface area contributed by atoms with Gasteiger partial charge < -0.3 is 15.7 Å². The lowest BCUT2D eigenvalue weighted by Crippen LogP contribution is -2.29. The number of aromatic nitrogens is 1. The number of likely N-dealkylation sites (tertiary alicyclic amines) is 1. The molecule has 34 heavy (non-hydrogen) atoms. The Bertz CT molecular complexity index is 1260. The van der Waals surface area contributed by atoms with Crippen LogP contribution in [0.2, 0.25) is 0 Å². The monoisotopic (exact) mass is 454 g/mol. The van der Waals surface area contributed by atoms with Gasteiger partial charge in [-0.05, 0) is 74.0 Å². The second kappa shape index (κ2) is 9.49. The summed E-state index contributed by atoms with van der Waals surface area (Å²) in [5.41, 5.74) is 5.05. The van der Waals surface area contributed by atoms with Gasteiger partial charge in [-0.1, -0.05) is 18.6 Å². The van der Waals surface area contributed by atoms with Crippen LogP contribution in [0.4, 0.5) is 11.4 Å². The maximum absolute atomic E-state index is 13.1. The van der Waals surface area contributed by atoms with Crippen molar-refractivity contribution in [3.63, 3.8) is 0 Å². The minimum Gasteiger partial charge on any atom is -0.478 e. The molecule has 0 bridgehead atoms. The lowest BCUT2D eigenvalue weighted by molar-refractivity contribution is -0.110. The fourth-order valence-electron chi connectivity index (χ4n) is 4.61. The quantitative estimate of drug-likeness (QED) is 0.468. The van der Waals surface area contributed by atoms with Crippen LogP contribution in [0.5, 0.6) is 0 Å². The number of hydrogen-bond donors (Lipinski definition) is 3. The summed E-state index contributed by atoms with van der Waals surface area (Å²) in [4.78, 5) is 31.3. The Morgan fingerprint density at radius 2 is 1.88 bits per heavy atom. The van der Waals surface area contributed by atoms with Crippen molar-refractivity contribution in [2.24, 2.45) is 0 Å². The van der Waals surface area contributed by atoms with E-state index in [-0.39, 0.29) is 11.5 Å². The summed E-state index contributed by atoms with van der Waals surface area (Å²) in [6, 6.07) is 16.6. The molecular weight excluding hydrogens is 428 g/mol. The Morgan fingerprint density at radius 3 is 2.65 bits per heavy atom. The van der Waals surface area contributed by atoms with Gasteiger partial charge in [-0.25, -0.2) is 4.79 Å². The standard InChI is InChI=1S/C27H26N4O3/c32-26-24(22-15-19(27(33)34)9-10-23(22)30-26)25(20-7-5-11-28-16-20)29-21-8-4-6-18(14-21)17-31-12-2-1-3-13-31/h4-11,14-16,29H,1-3,12-13,17H2,(H,30,32)(H,33,34). The smallest absolute Gasteiger partial charge is 0.335 e. The Hall–Kier alpha value is -3.97. The molecule has 1 saturated heterocycles. The Kier molecular flexibility index (Phi) is 6.10. The van der Waals surface area contributed by atoms with E-state index in [0.29, 0.717) is 22.5 Å². The predicted molar refractivity (Wildman–Crippen MR) is 132 cm³/mol. The van der Waals surface area contributed by atoms with Crippen LogP contribution in [0.3, 0.4) is 0 Å². The van der Waals surface area contributed by atoms with E-state index in [0.717, 1.165) is 30.9 Å². The molecule has 1 fully saturated rings. The summed E-state index contributed by atoms with van der Waals surface area (Å²) < 4.78 is 0. The van der Waals surface area contributed by atoms with E-state index < -0.39 is 5.97 Å². The summed E-state index contributed by atoms with van der Waals surface area (Å²) in [5, 5.41) is 15.8. The zero-order valence-corrected chi connectivity index (χ0v) is 18.8. The minimum atomic E-state index is -1.04. The SMILES string of the molecule is O=C1Nc2ccc(C(=O)O)cc2C1=C(Nc1cccc(CN2CCCCC2)c1)c1cccnc1. The molecule has 0 spiro atoms. The van der Waals surface area contributed by atoms with E-state index in [4.69, 9.17) is 0 Å². The topological polar surface area (TPSA) is 94.6 Å². The van der Waals surface area contributed by atoms with Crippen LogP contribution in [0.1, 0.15) is 46.3 Å². The summed E-state index contributed by atoms with van der Waals surface area (Å²) in [5.74, 6) is -1.32. The number of fused-ring (bicyclic) bond motifs is 1. The molecule has 0 unspecified atom stereocenters. The number of hydrogen-bond acceptors (Lipinski definition) is 5. The van der Waals surface area contributed by atoms with Gasteiger partial charge in [0, 0.05) is 41.4 Å². The highest BCUT2D eigenvalue weighted by atomic mass is 16.4. The first-order chi connectivity index (χ1) is 16.6. The fraction of sp³-hybridized carbons (Fsp3) is 0.222. The first kappa shape index (κ1) is 21.9. The Balaban J connectivity index is 1.55. The van der Waals surface area contributed by atoms with Gasteiger partial charge in [0.2, 0.25) is 0 Å². The molecule has 1 aromatic heterocycles. The van der Waals surface area contributed by atoms with E-state index in [9.17, 15) is 14.7 Å². The van der Waals surface area contributed by atoms with Gasteiger partial charge in [-0.3, -0.25) is 14.7 Å². The van der Waals surface area contributed by atoms with Crippen LogP contribution >= 0.6 is 0 Å². The lowest BCUT2D eigenvalue weighted by Gasteiger charge is -2.26. The molecule has 0 radical (unpaired) electrons. The predicted octanol–water partition coefficient (Wildman–Crippen LogP) is 4.70. The van der Waals surface area contributed by atoms with Crippen molar-refractivity contribution in [1.29, 1.82) is 0 Å². The third-order valence-electron chi connectivity index (χ3n) is 6.26. The summed E-state index contributed by atoms with van der Waals surface area (Å²) in [6.07, 6.45) is 7.15. The van der Waals surface area contributed by atoms with Gasteiger partial charge >= 0.3 is 5.97 Å². The van der Waals surface area contributed by atoms with Gasteiger partial charge in [0.05, 0.1) is 16.8 Å². The van der Waals surface area contributed by atoms with E-state index in [1.807, 2.05) is 24.3 Å². The molecule has 172 valence electrons. The van der Waals surface area contributed by atoms with E-state index >= 15 is 0 Å². The zero-order chi connectivity index (χ0) is 23.5. The maximum atomic E-state index is 13.1. The van der Waals surface area contributed by atoms with E-state index in [1.165, 1.54) is 37.0 Å². The summed E-state index contributed by atoms with van der Waals surface area (Å²) in [6.45, 7) is 3.12. The molecule has 2 aliphatic heterocycles. The largest absolute Gasteiger partial charge is 0.478 e. The molecular formula is C27H26N4O3. The number of anilines is 2. The molecule has 0 aliphatic carbocycles. The molecule has 3 heterocycles. The number of amides is 1. The number of nitrogens with zero attached hydrogens (tertiary/aromatic N) is 2. The molecule has 7 heteroatoms. The Labute approximate surface area is 198 Å². The number of piperidine rings is 1. The van der Waals surface area contributed by atoms with Crippen LogP contribution in [-0.2, 0) is 11.3 Å². The molecule has 0 saturated carbocycles. The average Bonchev–Trinajstić information content (AvgIpc) is 3.18. The number of rotatable bonds is 6. The van der Waals surface area contributed by atoms with Crippen LogP contribution < -0.4 is 10.6 Å². The van der Waals surface area contributed by atoms with Crippen LogP contribution in [0.25, 0.3) is 11.3 Å².